The van der Waals surface area contributed by atoms with Crippen molar-refractivity contribution in [3.05, 3.63) is 41.8 Å². The normalized spacial score (nSPS) is 20.5. The lowest BCUT2D eigenvalue weighted by Gasteiger charge is -2.41. The fourth-order valence-corrected chi connectivity index (χ4v) is 3.84. The van der Waals surface area contributed by atoms with Crippen LogP contribution in [0.2, 0.25) is 0 Å². The van der Waals surface area contributed by atoms with Gasteiger partial charge in [-0.05, 0) is 37.1 Å². The average molecular weight is 424 g/mol. The molecule has 0 radical (unpaired) electrons. The number of nitriles is 1. The van der Waals surface area contributed by atoms with Gasteiger partial charge in [-0.1, -0.05) is 0 Å². The van der Waals surface area contributed by atoms with Crippen molar-refractivity contribution >= 4 is 23.5 Å². The molecule has 9 nitrogen and oxygen atoms in total. The molecule has 1 saturated heterocycles. The monoisotopic (exact) mass is 424 g/mol. The van der Waals surface area contributed by atoms with Crippen LogP contribution in [-0.2, 0) is 0 Å². The summed E-state index contributed by atoms with van der Waals surface area (Å²) in [6.07, 6.45) is 6.65. The number of primary amides is 1. The molecule has 1 fully saturated rings. The minimum atomic E-state index is -1.11. The molecule has 0 spiro atoms. The van der Waals surface area contributed by atoms with Crippen molar-refractivity contribution in [1.29, 1.82) is 5.26 Å². The van der Waals surface area contributed by atoms with Gasteiger partial charge in [0.1, 0.15) is 11.4 Å². The van der Waals surface area contributed by atoms with Crippen molar-refractivity contribution in [3.63, 3.8) is 0 Å². The molecule has 4 N–H and O–H groups in total. The van der Waals surface area contributed by atoms with Gasteiger partial charge in [-0.2, -0.15) is 10.4 Å². The van der Waals surface area contributed by atoms with Gasteiger partial charge < -0.3 is 21.1 Å². The first-order valence-corrected chi connectivity index (χ1v) is 9.60. The first-order chi connectivity index (χ1) is 14.8. The van der Waals surface area contributed by atoms with Crippen LogP contribution in [0, 0.1) is 35.4 Å². The molecule has 2 heterocycles. The van der Waals surface area contributed by atoms with Gasteiger partial charge in [-0.3, -0.25) is 9.48 Å². The SMILES string of the molecule is C#CCCC1[C@@H](C#N)[C@H](n2cc(C(N)=O)c(Nc3ccc(F)cc3)n2)CCN1C(=O)O. The number of carbonyl (C=O) groups excluding carboxylic acids is 1. The average Bonchev–Trinajstić information content (AvgIpc) is 3.16. The van der Waals surface area contributed by atoms with Gasteiger partial charge in [-0.15, -0.1) is 12.3 Å². The summed E-state index contributed by atoms with van der Waals surface area (Å²) < 4.78 is 14.6. The van der Waals surface area contributed by atoms with E-state index in [0.29, 0.717) is 24.9 Å². The number of hydrogen-bond acceptors (Lipinski definition) is 5. The Bertz CT molecular complexity index is 1050. The predicted molar refractivity (Wildman–Crippen MR) is 110 cm³/mol. The molecule has 31 heavy (non-hydrogen) atoms. The van der Waals surface area contributed by atoms with E-state index >= 15 is 0 Å². The van der Waals surface area contributed by atoms with E-state index < -0.39 is 35.8 Å². The topological polar surface area (TPSA) is 137 Å². The van der Waals surface area contributed by atoms with Crippen LogP contribution >= 0.6 is 0 Å². The molecule has 1 aromatic carbocycles. The predicted octanol–water partition coefficient (Wildman–Crippen LogP) is 2.71. The number of hydrogen-bond donors (Lipinski definition) is 3. The maximum atomic E-state index is 13.2. The molecule has 2 amide bonds. The molecule has 160 valence electrons. The lowest BCUT2D eigenvalue weighted by molar-refractivity contribution is 0.0638. The highest BCUT2D eigenvalue weighted by atomic mass is 19.1. The third-order valence-electron chi connectivity index (χ3n) is 5.32. The fourth-order valence-electron chi connectivity index (χ4n) is 3.84. The Morgan fingerprint density at radius 1 is 1.39 bits per heavy atom. The highest BCUT2D eigenvalue weighted by Crippen LogP contribution is 2.36. The number of carbonyl (C=O) groups is 2. The number of nitrogens with zero attached hydrogens (tertiary/aromatic N) is 4. The first kappa shape index (κ1) is 21.7. The quantitative estimate of drug-likeness (QED) is 0.610. The van der Waals surface area contributed by atoms with E-state index in [9.17, 15) is 24.3 Å². The van der Waals surface area contributed by atoms with E-state index in [-0.39, 0.29) is 17.9 Å². The summed E-state index contributed by atoms with van der Waals surface area (Å²) >= 11 is 0. The van der Waals surface area contributed by atoms with Crippen LogP contribution < -0.4 is 11.1 Å². The third kappa shape index (κ3) is 4.59. The summed E-state index contributed by atoms with van der Waals surface area (Å²) in [4.78, 5) is 24.8. The summed E-state index contributed by atoms with van der Waals surface area (Å²) in [5, 5.41) is 26.7. The van der Waals surface area contributed by atoms with E-state index in [1.54, 1.807) is 0 Å². The molecule has 0 aliphatic carbocycles. The summed E-state index contributed by atoms with van der Waals surface area (Å²) in [6, 6.07) is 6.59. The van der Waals surface area contributed by atoms with Gasteiger partial charge >= 0.3 is 6.09 Å². The minimum Gasteiger partial charge on any atom is -0.465 e. The molecule has 1 aromatic heterocycles. The third-order valence-corrected chi connectivity index (χ3v) is 5.32. The van der Waals surface area contributed by atoms with Crippen LogP contribution in [0.15, 0.2) is 30.5 Å². The second kappa shape index (κ2) is 9.18. The lowest BCUT2D eigenvalue weighted by atomic mass is 9.83. The number of benzene rings is 1. The number of nitrogens with two attached hydrogens (primary N) is 1. The van der Waals surface area contributed by atoms with Crippen molar-refractivity contribution in [3.8, 4) is 18.4 Å². The summed E-state index contributed by atoms with van der Waals surface area (Å²) in [5.41, 5.74) is 6.09. The maximum Gasteiger partial charge on any atom is 0.407 e. The molecule has 10 heteroatoms. The first-order valence-electron chi connectivity index (χ1n) is 9.60. The number of carboxylic acid groups (broad SMARTS) is 1. The molecule has 1 aliphatic heterocycles. The number of rotatable bonds is 6. The molecule has 3 rings (SSSR count). The number of likely N-dealkylation sites (tertiary alicyclic amines) is 1. The molecule has 0 saturated carbocycles. The van der Waals surface area contributed by atoms with Crippen molar-refractivity contribution in [2.24, 2.45) is 11.7 Å². The second-order valence-corrected chi connectivity index (χ2v) is 7.16. The Hall–Kier alpha value is -4.05. The number of anilines is 2. The van der Waals surface area contributed by atoms with Gasteiger partial charge in [0.15, 0.2) is 5.82 Å². The van der Waals surface area contributed by atoms with E-state index in [1.807, 2.05) is 0 Å². The van der Waals surface area contributed by atoms with Gasteiger partial charge in [0.2, 0.25) is 0 Å². The van der Waals surface area contributed by atoms with Crippen molar-refractivity contribution < 1.29 is 19.1 Å². The standard InChI is InChI=1S/C21H21FN6O3/c1-2-3-4-17-15(11-23)18(9-10-27(17)21(30)31)28-12-16(19(24)29)20(26-28)25-14-7-5-13(22)6-8-14/h1,5-8,12,15,17-18H,3-4,9-10H2,(H2,24,29)(H,25,26)(H,30,31)/t15-,17?,18-/m1/s1. The number of amides is 2. The highest BCUT2D eigenvalue weighted by molar-refractivity contribution is 5.98. The summed E-state index contributed by atoms with van der Waals surface area (Å²) in [7, 11) is 0. The Morgan fingerprint density at radius 3 is 2.68 bits per heavy atom. The van der Waals surface area contributed by atoms with Crippen LogP contribution in [0.1, 0.15) is 35.7 Å². The number of nitrogens with one attached hydrogen (secondary N) is 1. The Balaban J connectivity index is 1.94. The summed E-state index contributed by atoms with van der Waals surface area (Å²) in [5.74, 6) is 0.786. The van der Waals surface area contributed by atoms with Gasteiger partial charge in [0.05, 0.1) is 24.1 Å². The molecule has 2 aromatic rings. The number of halogens is 1. The van der Waals surface area contributed by atoms with Crippen LogP contribution in [0.4, 0.5) is 20.7 Å². The van der Waals surface area contributed by atoms with E-state index in [2.05, 4.69) is 22.4 Å². The number of terminal acetylenes is 1. The van der Waals surface area contributed by atoms with Crippen LogP contribution in [0.3, 0.4) is 0 Å². The van der Waals surface area contributed by atoms with Crippen LogP contribution in [0.5, 0.6) is 0 Å². The van der Waals surface area contributed by atoms with Gasteiger partial charge in [0, 0.05) is 24.8 Å². The lowest BCUT2D eigenvalue weighted by Crippen LogP contribution is -2.51. The highest BCUT2D eigenvalue weighted by Gasteiger charge is 2.41. The Labute approximate surface area is 178 Å². The van der Waals surface area contributed by atoms with Crippen molar-refractivity contribution in [1.82, 2.24) is 14.7 Å². The zero-order chi connectivity index (χ0) is 22.5. The zero-order valence-corrected chi connectivity index (χ0v) is 16.5. The molecule has 3 atom stereocenters. The zero-order valence-electron chi connectivity index (χ0n) is 16.5. The largest absolute Gasteiger partial charge is 0.465 e. The van der Waals surface area contributed by atoms with E-state index in [0.717, 1.165) is 0 Å². The Morgan fingerprint density at radius 2 is 2.10 bits per heavy atom. The molecule has 1 unspecified atom stereocenters. The maximum absolute atomic E-state index is 13.2. The fraction of sp³-hybridized carbons (Fsp3) is 0.333. The van der Waals surface area contributed by atoms with Gasteiger partial charge in [0.25, 0.3) is 5.91 Å². The molecule has 0 bridgehead atoms. The molecule has 1 aliphatic rings. The number of aromatic nitrogens is 2. The van der Waals surface area contributed by atoms with Gasteiger partial charge in [-0.25, -0.2) is 9.18 Å². The number of piperidine rings is 1. The minimum absolute atomic E-state index is 0.0989. The van der Waals surface area contributed by atoms with Crippen molar-refractivity contribution in [2.75, 3.05) is 11.9 Å². The molecular formula is C21H21FN6O3. The van der Waals surface area contributed by atoms with Crippen LogP contribution in [-0.4, -0.2) is 44.4 Å². The van der Waals surface area contributed by atoms with Crippen LogP contribution in [0.25, 0.3) is 0 Å². The molecular weight excluding hydrogens is 403 g/mol. The Kier molecular flexibility index (Phi) is 6.41. The smallest absolute Gasteiger partial charge is 0.407 e. The van der Waals surface area contributed by atoms with E-state index in [1.165, 1.54) is 40.0 Å². The van der Waals surface area contributed by atoms with Crippen molar-refractivity contribution in [2.45, 2.75) is 31.3 Å². The van der Waals surface area contributed by atoms with E-state index in [4.69, 9.17) is 12.2 Å². The summed E-state index contributed by atoms with van der Waals surface area (Å²) in [6.45, 7) is 0.194. The second-order valence-electron chi connectivity index (χ2n) is 7.16.